The van der Waals surface area contributed by atoms with E-state index in [1.54, 1.807) is 13.1 Å². The Morgan fingerprint density at radius 1 is 1.20 bits per heavy atom. The van der Waals surface area contributed by atoms with Gasteiger partial charge in [-0.25, -0.2) is 4.79 Å². The first-order valence-electron chi connectivity index (χ1n) is 8.09. The SMILES string of the molecule is CCOC(=O)c1cnc2ccc(C)cc2c1Nc1ccc(Cl)cc1C. The highest BCUT2D eigenvalue weighted by Gasteiger charge is 2.17. The topological polar surface area (TPSA) is 51.2 Å². The molecule has 2 aromatic carbocycles. The molecule has 3 aromatic rings. The number of hydrogen-bond acceptors (Lipinski definition) is 4. The van der Waals surface area contributed by atoms with Crippen molar-refractivity contribution in [3.05, 3.63) is 64.3 Å². The fourth-order valence-corrected chi connectivity index (χ4v) is 2.93. The Bertz CT molecular complexity index is 954. The number of pyridine rings is 1. The number of carbonyl (C=O) groups is 1. The molecule has 1 heterocycles. The molecule has 25 heavy (non-hydrogen) atoms. The van der Waals surface area contributed by atoms with E-state index in [0.717, 1.165) is 27.7 Å². The molecule has 4 nitrogen and oxygen atoms in total. The van der Waals surface area contributed by atoms with Crippen molar-refractivity contribution in [1.82, 2.24) is 4.98 Å². The molecule has 3 rings (SSSR count). The van der Waals surface area contributed by atoms with Crippen molar-refractivity contribution < 1.29 is 9.53 Å². The smallest absolute Gasteiger partial charge is 0.341 e. The van der Waals surface area contributed by atoms with Crippen LogP contribution in [0.2, 0.25) is 5.02 Å². The zero-order chi connectivity index (χ0) is 18.0. The van der Waals surface area contributed by atoms with Crippen LogP contribution in [-0.2, 0) is 4.74 Å². The number of nitrogens with zero attached hydrogens (tertiary/aromatic N) is 1. The zero-order valence-electron chi connectivity index (χ0n) is 14.4. The first kappa shape index (κ1) is 17.2. The van der Waals surface area contributed by atoms with Crippen LogP contribution in [0.25, 0.3) is 10.9 Å². The van der Waals surface area contributed by atoms with Crippen LogP contribution >= 0.6 is 11.6 Å². The predicted molar refractivity (Wildman–Crippen MR) is 102 cm³/mol. The maximum atomic E-state index is 12.4. The van der Waals surface area contributed by atoms with Crippen LogP contribution in [0.1, 0.15) is 28.4 Å². The van der Waals surface area contributed by atoms with Gasteiger partial charge < -0.3 is 10.1 Å². The molecule has 0 aliphatic rings. The standard InChI is InChI=1S/C20H19ClN2O2/c1-4-25-20(24)16-11-22-18-7-5-12(2)9-15(18)19(16)23-17-8-6-14(21)10-13(17)3/h5-11H,4H2,1-3H3,(H,22,23). The van der Waals surface area contributed by atoms with E-state index in [1.165, 1.54) is 0 Å². The van der Waals surface area contributed by atoms with Gasteiger partial charge in [-0.15, -0.1) is 0 Å². The van der Waals surface area contributed by atoms with Gasteiger partial charge in [0.25, 0.3) is 0 Å². The second kappa shape index (κ2) is 7.11. The molecule has 0 amide bonds. The number of aromatic nitrogens is 1. The molecule has 0 atom stereocenters. The molecule has 0 radical (unpaired) electrons. The van der Waals surface area contributed by atoms with Crippen molar-refractivity contribution in [3.63, 3.8) is 0 Å². The summed E-state index contributed by atoms with van der Waals surface area (Å²) in [5, 5.41) is 4.92. The van der Waals surface area contributed by atoms with Gasteiger partial charge >= 0.3 is 5.97 Å². The van der Waals surface area contributed by atoms with Crippen molar-refractivity contribution >= 4 is 39.8 Å². The van der Waals surface area contributed by atoms with Crippen molar-refractivity contribution in [3.8, 4) is 0 Å². The van der Waals surface area contributed by atoms with Gasteiger partial charge in [-0.2, -0.15) is 0 Å². The number of aryl methyl sites for hydroxylation is 2. The summed E-state index contributed by atoms with van der Waals surface area (Å²) in [5.41, 5.74) is 4.87. The van der Waals surface area contributed by atoms with E-state index < -0.39 is 5.97 Å². The van der Waals surface area contributed by atoms with Gasteiger partial charge in [0.2, 0.25) is 0 Å². The Kier molecular flexibility index (Phi) is 4.91. The Balaban J connectivity index is 2.19. The molecule has 0 fully saturated rings. The van der Waals surface area contributed by atoms with Crippen LogP contribution < -0.4 is 5.32 Å². The van der Waals surface area contributed by atoms with Gasteiger partial charge in [-0.05, 0) is 56.7 Å². The Morgan fingerprint density at radius 2 is 2.00 bits per heavy atom. The summed E-state index contributed by atoms with van der Waals surface area (Å²) in [6.07, 6.45) is 1.56. The molecule has 128 valence electrons. The van der Waals surface area contributed by atoms with Gasteiger partial charge in [-0.1, -0.05) is 23.2 Å². The van der Waals surface area contributed by atoms with E-state index in [0.29, 0.717) is 22.9 Å². The first-order chi connectivity index (χ1) is 12.0. The lowest BCUT2D eigenvalue weighted by atomic mass is 10.1. The number of fused-ring (bicyclic) bond motifs is 1. The highest BCUT2D eigenvalue weighted by Crippen LogP contribution is 2.32. The van der Waals surface area contributed by atoms with Gasteiger partial charge in [0, 0.05) is 22.3 Å². The number of rotatable bonds is 4. The molecule has 0 aliphatic carbocycles. The second-order valence-electron chi connectivity index (χ2n) is 5.87. The third-order valence-corrected chi connectivity index (χ3v) is 4.20. The van der Waals surface area contributed by atoms with Crippen molar-refractivity contribution in [2.75, 3.05) is 11.9 Å². The number of ether oxygens (including phenoxy) is 1. The lowest BCUT2D eigenvalue weighted by Crippen LogP contribution is -2.09. The van der Waals surface area contributed by atoms with Crippen molar-refractivity contribution in [2.45, 2.75) is 20.8 Å². The van der Waals surface area contributed by atoms with Crippen LogP contribution in [0, 0.1) is 13.8 Å². The summed E-state index contributed by atoms with van der Waals surface area (Å²) in [5.74, 6) is -0.396. The Labute approximate surface area is 151 Å². The van der Waals surface area contributed by atoms with E-state index >= 15 is 0 Å². The maximum Gasteiger partial charge on any atom is 0.341 e. The Morgan fingerprint density at radius 3 is 2.72 bits per heavy atom. The van der Waals surface area contributed by atoms with Crippen molar-refractivity contribution in [2.24, 2.45) is 0 Å². The summed E-state index contributed by atoms with van der Waals surface area (Å²) < 4.78 is 5.19. The predicted octanol–water partition coefficient (Wildman–Crippen LogP) is 5.43. The molecule has 1 N–H and O–H groups in total. The van der Waals surface area contributed by atoms with Crippen LogP contribution in [-0.4, -0.2) is 17.6 Å². The highest BCUT2D eigenvalue weighted by molar-refractivity contribution is 6.30. The van der Waals surface area contributed by atoms with Gasteiger partial charge in [0.15, 0.2) is 0 Å². The minimum atomic E-state index is -0.396. The second-order valence-corrected chi connectivity index (χ2v) is 6.31. The third-order valence-electron chi connectivity index (χ3n) is 3.97. The molecule has 0 bridgehead atoms. The number of anilines is 2. The number of carbonyl (C=O) groups excluding carboxylic acids is 1. The van der Waals surface area contributed by atoms with E-state index in [1.807, 2.05) is 50.2 Å². The fourth-order valence-electron chi connectivity index (χ4n) is 2.71. The van der Waals surface area contributed by atoms with Crippen LogP contribution in [0.15, 0.2) is 42.6 Å². The van der Waals surface area contributed by atoms with Crippen molar-refractivity contribution in [1.29, 1.82) is 0 Å². The minimum Gasteiger partial charge on any atom is -0.462 e. The normalized spacial score (nSPS) is 10.7. The highest BCUT2D eigenvalue weighted by atomic mass is 35.5. The molecule has 1 aromatic heterocycles. The lowest BCUT2D eigenvalue weighted by molar-refractivity contribution is 0.0527. The molecule has 0 saturated carbocycles. The van der Waals surface area contributed by atoms with Crippen LogP contribution in [0.5, 0.6) is 0 Å². The number of halogens is 1. The summed E-state index contributed by atoms with van der Waals surface area (Å²) in [7, 11) is 0. The molecule has 0 saturated heterocycles. The average Bonchev–Trinajstić information content (AvgIpc) is 2.57. The average molecular weight is 355 g/mol. The Hall–Kier alpha value is -2.59. The van der Waals surface area contributed by atoms with Crippen LogP contribution in [0.4, 0.5) is 11.4 Å². The van der Waals surface area contributed by atoms with Crippen LogP contribution in [0.3, 0.4) is 0 Å². The number of esters is 1. The fraction of sp³-hybridized carbons (Fsp3) is 0.200. The van der Waals surface area contributed by atoms with Gasteiger partial charge in [-0.3, -0.25) is 4.98 Å². The summed E-state index contributed by atoms with van der Waals surface area (Å²) in [6.45, 7) is 6.07. The third kappa shape index (κ3) is 3.59. The summed E-state index contributed by atoms with van der Waals surface area (Å²) in [6, 6.07) is 11.5. The van der Waals surface area contributed by atoms with Gasteiger partial charge in [0.05, 0.1) is 17.8 Å². The molecule has 5 heteroatoms. The van der Waals surface area contributed by atoms with E-state index in [4.69, 9.17) is 16.3 Å². The molecule has 0 spiro atoms. The number of hydrogen-bond donors (Lipinski definition) is 1. The minimum absolute atomic E-state index is 0.310. The van der Waals surface area contributed by atoms with E-state index in [2.05, 4.69) is 10.3 Å². The van der Waals surface area contributed by atoms with E-state index in [9.17, 15) is 4.79 Å². The number of nitrogens with one attached hydrogen (secondary N) is 1. The quantitative estimate of drug-likeness (QED) is 0.635. The molecule has 0 unspecified atom stereocenters. The zero-order valence-corrected chi connectivity index (χ0v) is 15.1. The first-order valence-corrected chi connectivity index (χ1v) is 8.47. The molecular weight excluding hydrogens is 336 g/mol. The van der Waals surface area contributed by atoms with E-state index in [-0.39, 0.29) is 0 Å². The maximum absolute atomic E-state index is 12.4. The van der Waals surface area contributed by atoms with Gasteiger partial charge in [0.1, 0.15) is 5.56 Å². The largest absolute Gasteiger partial charge is 0.462 e. The summed E-state index contributed by atoms with van der Waals surface area (Å²) in [4.78, 5) is 16.8. The monoisotopic (exact) mass is 354 g/mol. The molecular formula is C20H19ClN2O2. The summed E-state index contributed by atoms with van der Waals surface area (Å²) >= 11 is 6.05. The lowest BCUT2D eigenvalue weighted by Gasteiger charge is -2.16. The number of benzene rings is 2. The molecule has 0 aliphatic heterocycles.